The van der Waals surface area contributed by atoms with Gasteiger partial charge in [-0.25, -0.2) is 4.68 Å². The molecule has 0 atom stereocenters. The average Bonchev–Trinajstić information content (AvgIpc) is 2.73. The van der Waals surface area contributed by atoms with Gasteiger partial charge in [-0.3, -0.25) is 0 Å². The molecule has 4 nitrogen and oxygen atoms in total. The van der Waals surface area contributed by atoms with Crippen LogP contribution in [0.25, 0.3) is 5.69 Å². The van der Waals surface area contributed by atoms with Crippen LogP contribution in [0, 0.1) is 6.92 Å². The predicted octanol–water partition coefficient (Wildman–Crippen LogP) is 0.879. The van der Waals surface area contributed by atoms with E-state index in [2.05, 4.69) is 5.10 Å². The molecule has 1 aromatic heterocycles. The minimum absolute atomic E-state index is 0.162. The van der Waals surface area contributed by atoms with Crippen molar-refractivity contribution >= 4 is 12.6 Å². The molecule has 0 saturated heterocycles. The Bertz CT molecular complexity index is 596. The first-order valence-electron chi connectivity index (χ1n) is 5.39. The predicted molar refractivity (Wildman–Crippen MR) is 63.1 cm³/mol. The van der Waals surface area contributed by atoms with Crippen molar-refractivity contribution in [1.29, 1.82) is 0 Å². The Labute approximate surface area is 107 Å². The first kappa shape index (κ1) is 13.6. The molecule has 2 N–H and O–H groups in total. The normalized spacial score (nSPS) is 11.7. The maximum absolute atomic E-state index is 13.0. The second-order valence-electron chi connectivity index (χ2n) is 4.05. The van der Waals surface area contributed by atoms with Crippen LogP contribution in [0.5, 0.6) is 0 Å². The van der Waals surface area contributed by atoms with Gasteiger partial charge < -0.3 is 10.0 Å². The first-order chi connectivity index (χ1) is 8.79. The highest BCUT2D eigenvalue weighted by molar-refractivity contribution is 6.58. The summed E-state index contributed by atoms with van der Waals surface area (Å²) in [5, 5.41) is 21.8. The van der Waals surface area contributed by atoms with Crippen LogP contribution in [0.3, 0.4) is 0 Å². The van der Waals surface area contributed by atoms with Gasteiger partial charge in [0.25, 0.3) is 0 Å². The van der Waals surface area contributed by atoms with E-state index in [-0.39, 0.29) is 11.2 Å². The van der Waals surface area contributed by atoms with Gasteiger partial charge in [-0.15, -0.1) is 0 Å². The molecule has 0 spiro atoms. The van der Waals surface area contributed by atoms with E-state index in [1.807, 2.05) is 0 Å². The quantitative estimate of drug-likeness (QED) is 0.796. The van der Waals surface area contributed by atoms with Crippen molar-refractivity contribution in [3.63, 3.8) is 0 Å². The second kappa shape index (κ2) is 4.71. The van der Waals surface area contributed by atoms with Gasteiger partial charge in [0, 0.05) is 6.20 Å². The van der Waals surface area contributed by atoms with E-state index in [9.17, 15) is 13.2 Å². The van der Waals surface area contributed by atoms with Crippen molar-refractivity contribution < 1.29 is 23.2 Å². The molecule has 0 aliphatic heterocycles. The third kappa shape index (κ3) is 2.79. The Morgan fingerprint density at radius 3 is 2.37 bits per heavy atom. The van der Waals surface area contributed by atoms with Crippen LogP contribution >= 0.6 is 0 Å². The molecule has 0 unspecified atom stereocenters. The van der Waals surface area contributed by atoms with E-state index in [1.54, 1.807) is 13.0 Å². The summed E-state index contributed by atoms with van der Waals surface area (Å²) in [5.41, 5.74) is -0.773. The summed E-state index contributed by atoms with van der Waals surface area (Å²) in [6, 6.07) is 4.66. The van der Waals surface area contributed by atoms with Crippen LogP contribution in [0.2, 0.25) is 0 Å². The molecule has 19 heavy (non-hydrogen) atoms. The molecule has 0 aliphatic carbocycles. The van der Waals surface area contributed by atoms with Crippen LogP contribution in [0.1, 0.15) is 11.3 Å². The van der Waals surface area contributed by atoms with Gasteiger partial charge >= 0.3 is 13.3 Å². The fourth-order valence-corrected chi connectivity index (χ4v) is 1.69. The standard InChI is InChI=1S/C11H10BF3N2O2/c1-7-4-5-17(16-7)10-3-2-8(12(18)19)6-9(10)11(13,14)15/h2-6,18-19H,1H3. The maximum Gasteiger partial charge on any atom is 0.488 e. The number of hydrogen-bond acceptors (Lipinski definition) is 3. The van der Waals surface area contributed by atoms with Crippen molar-refractivity contribution in [3.05, 3.63) is 41.7 Å². The second-order valence-corrected chi connectivity index (χ2v) is 4.05. The molecule has 2 rings (SSSR count). The molecule has 8 heteroatoms. The lowest BCUT2D eigenvalue weighted by atomic mass is 9.79. The molecule has 2 aromatic rings. The highest BCUT2D eigenvalue weighted by Crippen LogP contribution is 2.33. The average molecular weight is 270 g/mol. The molecule has 100 valence electrons. The molecular weight excluding hydrogens is 260 g/mol. The lowest BCUT2D eigenvalue weighted by Gasteiger charge is -2.14. The minimum atomic E-state index is -4.61. The summed E-state index contributed by atoms with van der Waals surface area (Å²) in [5.74, 6) is 0. The van der Waals surface area contributed by atoms with E-state index in [1.165, 1.54) is 12.3 Å². The third-order valence-electron chi connectivity index (χ3n) is 2.59. The smallest absolute Gasteiger partial charge is 0.423 e. The Kier molecular flexibility index (Phi) is 3.38. The molecule has 0 radical (unpaired) electrons. The third-order valence-corrected chi connectivity index (χ3v) is 2.59. The summed E-state index contributed by atoms with van der Waals surface area (Å²) in [6.07, 6.45) is -3.20. The largest absolute Gasteiger partial charge is 0.488 e. The molecule has 0 aliphatic rings. The summed E-state index contributed by atoms with van der Waals surface area (Å²) in [7, 11) is -1.95. The lowest BCUT2D eigenvalue weighted by molar-refractivity contribution is -0.137. The van der Waals surface area contributed by atoms with Crippen LogP contribution in [-0.2, 0) is 6.18 Å². The van der Waals surface area contributed by atoms with Gasteiger partial charge in [0.1, 0.15) is 0 Å². The fraction of sp³-hybridized carbons (Fsp3) is 0.182. The van der Waals surface area contributed by atoms with Gasteiger partial charge in [-0.2, -0.15) is 18.3 Å². The van der Waals surface area contributed by atoms with Crippen molar-refractivity contribution in [3.8, 4) is 5.69 Å². The number of rotatable bonds is 2. The van der Waals surface area contributed by atoms with Gasteiger partial charge in [-0.05, 0) is 30.6 Å². The van der Waals surface area contributed by atoms with Gasteiger partial charge in [0.05, 0.1) is 16.9 Å². The van der Waals surface area contributed by atoms with Gasteiger partial charge in [-0.1, -0.05) is 6.07 Å². The van der Waals surface area contributed by atoms with E-state index in [0.717, 1.165) is 10.7 Å². The highest BCUT2D eigenvalue weighted by Gasteiger charge is 2.35. The minimum Gasteiger partial charge on any atom is -0.423 e. The maximum atomic E-state index is 13.0. The SMILES string of the molecule is Cc1ccn(-c2ccc(B(O)O)cc2C(F)(F)F)n1. The van der Waals surface area contributed by atoms with E-state index >= 15 is 0 Å². The Balaban J connectivity index is 2.61. The molecule has 1 heterocycles. The Hall–Kier alpha value is -1.80. The molecular formula is C11H10BF3N2O2. The molecule has 0 saturated carbocycles. The van der Waals surface area contributed by atoms with Crippen LogP contribution < -0.4 is 5.46 Å². The van der Waals surface area contributed by atoms with E-state index in [0.29, 0.717) is 11.8 Å². The zero-order valence-electron chi connectivity index (χ0n) is 9.89. The van der Waals surface area contributed by atoms with Crippen LogP contribution in [-0.4, -0.2) is 26.9 Å². The number of halogens is 3. The van der Waals surface area contributed by atoms with Crippen LogP contribution in [0.4, 0.5) is 13.2 Å². The number of benzene rings is 1. The number of hydrogen-bond donors (Lipinski definition) is 2. The van der Waals surface area contributed by atoms with Gasteiger partial charge in [0.2, 0.25) is 0 Å². The zero-order valence-corrected chi connectivity index (χ0v) is 9.89. The molecule has 0 fully saturated rings. The van der Waals surface area contributed by atoms with Crippen LogP contribution in [0.15, 0.2) is 30.5 Å². The monoisotopic (exact) mass is 270 g/mol. The summed E-state index contributed by atoms with van der Waals surface area (Å²) in [4.78, 5) is 0. The van der Waals surface area contributed by atoms with Crippen molar-refractivity contribution in [2.75, 3.05) is 0 Å². The number of alkyl halides is 3. The van der Waals surface area contributed by atoms with Crippen molar-refractivity contribution in [2.45, 2.75) is 13.1 Å². The fourth-order valence-electron chi connectivity index (χ4n) is 1.69. The van der Waals surface area contributed by atoms with Crippen molar-refractivity contribution in [2.24, 2.45) is 0 Å². The molecule has 0 bridgehead atoms. The van der Waals surface area contributed by atoms with Crippen molar-refractivity contribution in [1.82, 2.24) is 9.78 Å². The van der Waals surface area contributed by atoms with Gasteiger partial charge in [0.15, 0.2) is 0 Å². The summed E-state index contributed by atoms with van der Waals surface area (Å²) < 4.78 is 40.0. The number of nitrogens with zero attached hydrogens (tertiary/aromatic N) is 2. The van der Waals surface area contributed by atoms with E-state index in [4.69, 9.17) is 10.0 Å². The highest BCUT2D eigenvalue weighted by atomic mass is 19.4. The molecule has 0 amide bonds. The topological polar surface area (TPSA) is 58.3 Å². The lowest BCUT2D eigenvalue weighted by Crippen LogP contribution is -2.31. The Morgan fingerprint density at radius 1 is 1.21 bits per heavy atom. The number of aryl methyl sites for hydroxylation is 1. The van der Waals surface area contributed by atoms with E-state index < -0.39 is 18.9 Å². The summed E-state index contributed by atoms with van der Waals surface area (Å²) >= 11 is 0. The zero-order chi connectivity index (χ0) is 14.2. The molecule has 1 aromatic carbocycles. The summed E-state index contributed by atoms with van der Waals surface area (Å²) in [6.45, 7) is 1.66. The Morgan fingerprint density at radius 2 is 1.89 bits per heavy atom. The first-order valence-corrected chi connectivity index (χ1v) is 5.39. The number of aromatic nitrogens is 2.